The van der Waals surface area contributed by atoms with Crippen molar-refractivity contribution >= 4 is 27.3 Å². The van der Waals surface area contributed by atoms with E-state index >= 15 is 0 Å². The van der Waals surface area contributed by atoms with E-state index in [-0.39, 0.29) is 10.3 Å². The van der Waals surface area contributed by atoms with Gasteiger partial charge in [-0.2, -0.15) is 0 Å². The fourth-order valence-electron chi connectivity index (χ4n) is 2.28. The van der Waals surface area contributed by atoms with E-state index in [1.54, 1.807) is 0 Å². The van der Waals surface area contributed by atoms with E-state index in [0.29, 0.717) is 6.54 Å². The van der Waals surface area contributed by atoms with Crippen molar-refractivity contribution in [3.05, 3.63) is 11.2 Å². The monoisotopic (exact) mass is 319 g/mol. The van der Waals surface area contributed by atoms with Crippen LogP contribution in [-0.4, -0.2) is 55.1 Å². The van der Waals surface area contributed by atoms with Crippen LogP contribution in [0.5, 0.6) is 0 Å². The lowest BCUT2D eigenvalue weighted by molar-refractivity contribution is 0.0687. The van der Waals surface area contributed by atoms with Gasteiger partial charge in [0.1, 0.15) is 0 Å². The SMILES string of the molecule is CCN1CCCC(NS(=O)(=O)c2scnc2C(=O)O)C1. The van der Waals surface area contributed by atoms with E-state index in [1.165, 1.54) is 5.51 Å². The molecule has 1 aliphatic rings. The van der Waals surface area contributed by atoms with Crippen LogP contribution in [0.4, 0.5) is 0 Å². The molecule has 7 nitrogen and oxygen atoms in total. The second-order valence-corrected chi connectivity index (χ2v) is 7.41. The summed E-state index contributed by atoms with van der Waals surface area (Å²) in [4.78, 5) is 16.7. The molecule has 0 amide bonds. The van der Waals surface area contributed by atoms with E-state index in [1.807, 2.05) is 6.92 Å². The highest BCUT2D eigenvalue weighted by Gasteiger charge is 2.29. The number of likely N-dealkylation sites (tertiary alicyclic amines) is 1. The first kappa shape index (κ1) is 15.4. The van der Waals surface area contributed by atoms with Crippen LogP contribution < -0.4 is 4.72 Å². The lowest BCUT2D eigenvalue weighted by atomic mass is 10.1. The smallest absolute Gasteiger partial charge is 0.356 e. The highest BCUT2D eigenvalue weighted by atomic mass is 32.2. The first-order valence-corrected chi connectivity index (χ1v) is 8.71. The van der Waals surface area contributed by atoms with Gasteiger partial charge >= 0.3 is 5.97 Å². The van der Waals surface area contributed by atoms with E-state index in [2.05, 4.69) is 14.6 Å². The van der Waals surface area contributed by atoms with Crippen molar-refractivity contribution in [1.82, 2.24) is 14.6 Å². The van der Waals surface area contributed by atoms with Gasteiger partial charge in [-0.05, 0) is 25.9 Å². The fraction of sp³-hybridized carbons (Fsp3) is 0.636. The molecule has 0 aliphatic carbocycles. The molecule has 0 spiro atoms. The molecule has 1 atom stereocenters. The predicted octanol–water partition coefficient (Wildman–Crippen LogP) is 0.604. The maximum absolute atomic E-state index is 12.3. The van der Waals surface area contributed by atoms with Crippen LogP contribution in [0.1, 0.15) is 30.3 Å². The number of sulfonamides is 1. The maximum Gasteiger partial charge on any atom is 0.356 e. The minimum atomic E-state index is -3.83. The lowest BCUT2D eigenvalue weighted by Gasteiger charge is -2.31. The van der Waals surface area contributed by atoms with Crippen molar-refractivity contribution in [2.45, 2.75) is 30.0 Å². The normalized spacial score (nSPS) is 20.9. The number of hydrogen-bond acceptors (Lipinski definition) is 6. The second-order valence-electron chi connectivity index (χ2n) is 4.65. The fourth-order valence-corrected chi connectivity index (χ4v) is 4.70. The number of thiazole rings is 1. The van der Waals surface area contributed by atoms with E-state index in [0.717, 1.165) is 37.3 Å². The van der Waals surface area contributed by atoms with Gasteiger partial charge in [0.15, 0.2) is 9.90 Å². The number of carbonyl (C=O) groups is 1. The second kappa shape index (κ2) is 6.17. The number of carboxylic acids is 1. The summed E-state index contributed by atoms with van der Waals surface area (Å²) in [6.07, 6.45) is 1.69. The molecular formula is C11H17N3O4S2. The summed E-state index contributed by atoms with van der Waals surface area (Å²) in [6.45, 7) is 4.52. The minimum Gasteiger partial charge on any atom is -0.476 e. The van der Waals surface area contributed by atoms with Crippen molar-refractivity contribution in [3.8, 4) is 0 Å². The largest absolute Gasteiger partial charge is 0.476 e. The Hall–Kier alpha value is -1.03. The molecule has 1 aromatic heterocycles. The minimum absolute atomic E-state index is 0.183. The predicted molar refractivity (Wildman–Crippen MR) is 74.5 cm³/mol. The Kier molecular flexibility index (Phi) is 4.74. The van der Waals surface area contributed by atoms with Crippen molar-refractivity contribution in [3.63, 3.8) is 0 Å². The van der Waals surface area contributed by atoms with Crippen LogP contribution in [0, 0.1) is 0 Å². The van der Waals surface area contributed by atoms with Crippen LogP contribution >= 0.6 is 11.3 Å². The molecule has 20 heavy (non-hydrogen) atoms. The zero-order valence-corrected chi connectivity index (χ0v) is 12.7. The van der Waals surface area contributed by atoms with Gasteiger partial charge in [0, 0.05) is 12.6 Å². The first-order chi connectivity index (χ1) is 9.44. The summed E-state index contributed by atoms with van der Waals surface area (Å²) in [5, 5.41) is 8.95. The van der Waals surface area contributed by atoms with Crippen LogP contribution in [0.2, 0.25) is 0 Å². The third-order valence-corrected chi connectivity index (χ3v) is 6.15. The molecular weight excluding hydrogens is 302 g/mol. The van der Waals surface area contributed by atoms with Crippen LogP contribution in [-0.2, 0) is 10.0 Å². The lowest BCUT2D eigenvalue weighted by Crippen LogP contribution is -2.47. The van der Waals surface area contributed by atoms with Gasteiger partial charge in [-0.15, -0.1) is 11.3 Å². The van der Waals surface area contributed by atoms with Crippen molar-refractivity contribution in [2.75, 3.05) is 19.6 Å². The molecule has 0 radical (unpaired) electrons. The molecule has 1 aliphatic heterocycles. The van der Waals surface area contributed by atoms with Gasteiger partial charge in [-0.1, -0.05) is 6.92 Å². The van der Waals surface area contributed by atoms with E-state index in [9.17, 15) is 13.2 Å². The van der Waals surface area contributed by atoms with Crippen LogP contribution in [0.25, 0.3) is 0 Å². The third kappa shape index (κ3) is 3.35. The number of rotatable bonds is 5. The molecule has 1 fully saturated rings. The zero-order chi connectivity index (χ0) is 14.8. The van der Waals surface area contributed by atoms with E-state index < -0.39 is 21.7 Å². The summed E-state index contributed by atoms with van der Waals surface area (Å²) in [5.41, 5.74) is 0.822. The Morgan fingerprint density at radius 3 is 3.05 bits per heavy atom. The van der Waals surface area contributed by atoms with Gasteiger partial charge in [0.05, 0.1) is 5.51 Å². The van der Waals surface area contributed by atoms with Gasteiger partial charge in [0.2, 0.25) is 0 Å². The molecule has 1 saturated heterocycles. The first-order valence-electron chi connectivity index (χ1n) is 6.35. The van der Waals surface area contributed by atoms with Crippen molar-refractivity contribution < 1.29 is 18.3 Å². The average molecular weight is 319 g/mol. The number of likely N-dealkylation sites (N-methyl/N-ethyl adjacent to an activating group) is 1. The number of carboxylic acid groups (broad SMARTS) is 1. The molecule has 0 bridgehead atoms. The standard InChI is InChI=1S/C11H17N3O4S2/c1-2-14-5-3-4-8(6-14)13-20(17,18)11-9(10(15)16)12-7-19-11/h7-8,13H,2-6H2,1H3,(H,15,16). The Balaban J connectivity index is 2.15. The molecule has 0 aromatic carbocycles. The number of piperidine rings is 1. The van der Waals surface area contributed by atoms with Gasteiger partial charge in [-0.25, -0.2) is 22.9 Å². The Labute approximate surface area is 121 Å². The molecule has 1 aromatic rings. The van der Waals surface area contributed by atoms with Crippen LogP contribution in [0.3, 0.4) is 0 Å². The summed E-state index contributed by atoms with van der Waals surface area (Å²) < 4.78 is 26.9. The summed E-state index contributed by atoms with van der Waals surface area (Å²) in [6, 6.07) is -0.183. The third-order valence-electron chi connectivity index (χ3n) is 3.26. The van der Waals surface area contributed by atoms with Gasteiger partial charge < -0.3 is 10.0 Å². The van der Waals surface area contributed by atoms with Gasteiger partial charge in [0.25, 0.3) is 10.0 Å². The number of aromatic nitrogens is 1. The molecule has 112 valence electrons. The number of aromatic carboxylic acids is 1. The number of nitrogens with zero attached hydrogens (tertiary/aromatic N) is 2. The molecule has 2 heterocycles. The summed E-state index contributed by atoms with van der Waals surface area (Å²) >= 11 is 0.824. The molecule has 1 unspecified atom stereocenters. The average Bonchev–Trinajstić information content (AvgIpc) is 2.88. The van der Waals surface area contributed by atoms with Crippen LogP contribution in [0.15, 0.2) is 9.72 Å². The Bertz CT molecular complexity index is 584. The maximum atomic E-state index is 12.3. The molecule has 2 N–H and O–H groups in total. The topological polar surface area (TPSA) is 99.6 Å². The highest BCUT2D eigenvalue weighted by Crippen LogP contribution is 2.21. The highest BCUT2D eigenvalue weighted by molar-refractivity contribution is 7.91. The molecule has 2 rings (SSSR count). The molecule has 9 heteroatoms. The Morgan fingerprint density at radius 1 is 1.65 bits per heavy atom. The number of hydrogen-bond donors (Lipinski definition) is 2. The van der Waals surface area contributed by atoms with Gasteiger partial charge in [-0.3, -0.25) is 0 Å². The summed E-state index contributed by atoms with van der Waals surface area (Å²) in [5.74, 6) is -1.33. The van der Waals surface area contributed by atoms with Crippen molar-refractivity contribution in [2.24, 2.45) is 0 Å². The summed E-state index contributed by atoms with van der Waals surface area (Å²) in [7, 11) is -3.83. The van der Waals surface area contributed by atoms with E-state index in [4.69, 9.17) is 5.11 Å². The quantitative estimate of drug-likeness (QED) is 0.824. The van der Waals surface area contributed by atoms with Crippen molar-refractivity contribution in [1.29, 1.82) is 0 Å². The number of nitrogens with one attached hydrogen (secondary N) is 1. The zero-order valence-electron chi connectivity index (χ0n) is 11.1. The Morgan fingerprint density at radius 2 is 2.40 bits per heavy atom. The molecule has 0 saturated carbocycles.